The van der Waals surface area contributed by atoms with Gasteiger partial charge in [-0.2, -0.15) is 5.26 Å². The molecule has 1 rings (SSSR count). The molecule has 1 aromatic carbocycles. The van der Waals surface area contributed by atoms with Gasteiger partial charge in [0.15, 0.2) is 0 Å². The normalized spacial score (nSPS) is 9.29. The second-order valence-electron chi connectivity index (χ2n) is 2.41. The molecule has 1 aromatic rings. The first-order valence-electron chi connectivity index (χ1n) is 3.57. The summed E-state index contributed by atoms with van der Waals surface area (Å²) in [5, 5.41) is 8.67. The van der Waals surface area contributed by atoms with E-state index in [4.69, 9.17) is 5.26 Å². The van der Waals surface area contributed by atoms with E-state index in [1.165, 1.54) is 7.11 Å². The molecule has 0 saturated carbocycles. The van der Waals surface area contributed by atoms with Crippen LogP contribution in [0.1, 0.15) is 15.9 Å². The zero-order valence-corrected chi connectivity index (χ0v) is 8.76. The highest BCUT2D eigenvalue weighted by Crippen LogP contribution is 2.22. The van der Waals surface area contributed by atoms with Crippen molar-refractivity contribution in [3.05, 3.63) is 33.5 Å². The maximum atomic E-state index is 12.8. The number of carbonyl (C=O) groups is 1. The molecular formula is C9H5BrFNO2. The lowest BCUT2D eigenvalue weighted by Crippen LogP contribution is -2.05. The van der Waals surface area contributed by atoms with E-state index >= 15 is 0 Å². The number of carbonyl (C=O) groups excluding carboxylic acids is 1. The lowest BCUT2D eigenvalue weighted by Gasteiger charge is -2.04. The molecule has 0 unspecified atom stereocenters. The fourth-order valence-electron chi connectivity index (χ4n) is 0.971. The van der Waals surface area contributed by atoms with Crippen LogP contribution < -0.4 is 0 Å². The number of nitrogens with zero attached hydrogens (tertiary/aromatic N) is 1. The van der Waals surface area contributed by atoms with Crippen molar-refractivity contribution in [2.75, 3.05) is 7.11 Å². The summed E-state index contributed by atoms with van der Waals surface area (Å²) >= 11 is 2.99. The highest BCUT2D eigenvalue weighted by molar-refractivity contribution is 9.10. The molecule has 0 aromatic heterocycles. The number of halogens is 2. The fourth-order valence-corrected chi connectivity index (χ4v) is 1.57. The van der Waals surface area contributed by atoms with Crippen molar-refractivity contribution in [3.63, 3.8) is 0 Å². The number of hydrogen-bond acceptors (Lipinski definition) is 3. The molecule has 0 fully saturated rings. The monoisotopic (exact) mass is 257 g/mol. The fraction of sp³-hybridized carbons (Fsp3) is 0.111. The van der Waals surface area contributed by atoms with Gasteiger partial charge < -0.3 is 4.74 Å². The molecule has 5 heteroatoms. The third-order valence-corrected chi connectivity index (χ3v) is 2.19. The van der Waals surface area contributed by atoms with Crippen LogP contribution in [0, 0.1) is 17.1 Å². The summed E-state index contributed by atoms with van der Waals surface area (Å²) in [5.41, 5.74) is -0.0138. The molecular weight excluding hydrogens is 253 g/mol. The quantitative estimate of drug-likeness (QED) is 0.726. The van der Waals surface area contributed by atoms with E-state index in [9.17, 15) is 9.18 Å². The lowest BCUT2D eigenvalue weighted by molar-refractivity contribution is 0.0599. The van der Waals surface area contributed by atoms with Gasteiger partial charge in [0.05, 0.1) is 18.2 Å². The zero-order valence-electron chi connectivity index (χ0n) is 7.17. The van der Waals surface area contributed by atoms with E-state index in [1.807, 2.05) is 0 Å². The average Bonchev–Trinajstić information content (AvgIpc) is 2.15. The predicted molar refractivity (Wildman–Crippen MR) is 50.2 cm³/mol. The Morgan fingerprint density at radius 3 is 2.79 bits per heavy atom. The van der Waals surface area contributed by atoms with Crippen LogP contribution in [0.4, 0.5) is 4.39 Å². The summed E-state index contributed by atoms with van der Waals surface area (Å²) in [4.78, 5) is 11.2. The van der Waals surface area contributed by atoms with Gasteiger partial charge in [0.1, 0.15) is 11.9 Å². The number of methoxy groups -OCH3 is 1. The number of ether oxygens (including phenoxy) is 1. The molecule has 0 amide bonds. The topological polar surface area (TPSA) is 50.1 Å². The first kappa shape index (κ1) is 10.7. The van der Waals surface area contributed by atoms with Crippen molar-refractivity contribution in [1.82, 2.24) is 0 Å². The smallest absolute Gasteiger partial charge is 0.340 e. The molecule has 0 N–H and O–H groups in total. The third kappa shape index (κ3) is 1.91. The van der Waals surface area contributed by atoms with E-state index in [0.717, 1.165) is 12.1 Å². The van der Waals surface area contributed by atoms with Crippen LogP contribution in [-0.2, 0) is 4.74 Å². The van der Waals surface area contributed by atoms with E-state index in [-0.39, 0.29) is 15.6 Å². The van der Waals surface area contributed by atoms with Crippen molar-refractivity contribution in [3.8, 4) is 6.07 Å². The maximum Gasteiger partial charge on any atom is 0.340 e. The summed E-state index contributed by atoms with van der Waals surface area (Å²) in [6.45, 7) is 0. The Kier molecular flexibility index (Phi) is 3.20. The number of rotatable bonds is 1. The van der Waals surface area contributed by atoms with Gasteiger partial charge in [0.2, 0.25) is 0 Å². The largest absolute Gasteiger partial charge is 0.465 e. The Balaban J connectivity index is 3.42. The highest BCUT2D eigenvalue weighted by atomic mass is 79.9. The van der Waals surface area contributed by atoms with E-state index in [2.05, 4.69) is 20.7 Å². The van der Waals surface area contributed by atoms with Gasteiger partial charge in [-0.3, -0.25) is 0 Å². The second-order valence-corrected chi connectivity index (χ2v) is 3.27. The molecule has 3 nitrogen and oxygen atoms in total. The predicted octanol–water partition coefficient (Wildman–Crippen LogP) is 2.25. The van der Waals surface area contributed by atoms with Crippen molar-refractivity contribution in [2.24, 2.45) is 0 Å². The molecule has 0 saturated heterocycles. The van der Waals surface area contributed by atoms with Gasteiger partial charge in [-0.05, 0) is 28.1 Å². The zero-order chi connectivity index (χ0) is 10.7. The molecule has 0 aliphatic rings. The van der Waals surface area contributed by atoms with Gasteiger partial charge >= 0.3 is 5.97 Å². The van der Waals surface area contributed by atoms with E-state index in [0.29, 0.717) is 0 Å². The van der Waals surface area contributed by atoms with E-state index < -0.39 is 11.8 Å². The van der Waals surface area contributed by atoms with Gasteiger partial charge in [-0.15, -0.1) is 0 Å². The van der Waals surface area contributed by atoms with Crippen LogP contribution in [0.2, 0.25) is 0 Å². The summed E-state index contributed by atoms with van der Waals surface area (Å²) in [5.74, 6) is -1.26. The highest BCUT2D eigenvalue weighted by Gasteiger charge is 2.17. The lowest BCUT2D eigenvalue weighted by atomic mass is 10.1. The maximum absolute atomic E-state index is 12.8. The average molecular weight is 258 g/mol. The summed E-state index contributed by atoms with van der Waals surface area (Å²) in [6.07, 6.45) is 0. The molecule has 14 heavy (non-hydrogen) atoms. The number of esters is 1. The molecule has 0 spiro atoms. The summed E-state index contributed by atoms with van der Waals surface area (Å²) in [7, 11) is 1.19. The number of benzene rings is 1. The Bertz CT molecular complexity index is 426. The molecule has 0 atom stereocenters. The van der Waals surface area contributed by atoms with E-state index in [1.54, 1.807) is 6.07 Å². The molecule has 0 aliphatic carbocycles. The van der Waals surface area contributed by atoms with Crippen LogP contribution in [0.3, 0.4) is 0 Å². The number of nitriles is 1. The van der Waals surface area contributed by atoms with Gasteiger partial charge in [0.25, 0.3) is 0 Å². The molecule has 72 valence electrons. The Morgan fingerprint density at radius 2 is 2.29 bits per heavy atom. The molecule has 0 heterocycles. The van der Waals surface area contributed by atoms with Crippen LogP contribution in [-0.4, -0.2) is 13.1 Å². The Morgan fingerprint density at radius 1 is 1.64 bits per heavy atom. The summed E-state index contributed by atoms with van der Waals surface area (Å²) in [6, 6.07) is 3.81. The van der Waals surface area contributed by atoms with Crippen LogP contribution >= 0.6 is 15.9 Å². The minimum absolute atomic E-state index is 0.0383. The first-order valence-corrected chi connectivity index (χ1v) is 4.37. The second kappa shape index (κ2) is 4.20. The van der Waals surface area contributed by atoms with Crippen molar-refractivity contribution >= 4 is 21.9 Å². The third-order valence-electron chi connectivity index (χ3n) is 1.56. The van der Waals surface area contributed by atoms with Crippen molar-refractivity contribution in [2.45, 2.75) is 0 Å². The summed E-state index contributed by atoms with van der Waals surface area (Å²) < 4.78 is 17.5. The van der Waals surface area contributed by atoms with Crippen LogP contribution in [0.5, 0.6) is 0 Å². The standard InChI is InChI=1S/C9H5BrFNO2/c1-14-9(13)8-5(4-12)2-6(11)3-7(8)10/h2-3H,1H3. The van der Waals surface area contributed by atoms with Crippen molar-refractivity contribution in [1.29, 1.82) is 5.26 Å². The van der Waals surface area contributed by atoms with Crippen molar-refractivity contribution < 1.29 is 13.9 Å². The Labute approximate surface area is 88.2 Å². The number of hydrogen-bond donors (Lipinski definition) is 0. The Hall–Kier alpha value is -1.41. The minimum Gasteiger partial charge on any atom is -0.465 e. The first-order chi connectivity index (χ1) is 6.60. The van der Waals surface area contributed by atoms with Crippen LogP contribution in [0.25, 0.3) is 0 Å². The van der Waals surface area contributed by atoms with Gasteiger partial charge in [-0.25, -0.2) is 9.18 Å². The van der Waals surface area contributed by atoms with Gasteiger partial charge in [0, 0.05) is 4.47 Å². The van der Waals surface area contributed by atoms with Crippen LogP contribution in [0.15, 0.2) is 16.6 Å². The SMILES string of the molecule is COC(=O)c1c(Br)cc(F)cc1C#N. The molecule has 0 radical (unpaired) electrons. The molecule has 0 bridgehead atoms. The van der Waals surface area contributed by atoms with Gasteiger partial charge in [-0.1, -0.05) is 0 Å². The molecule has 0 aliphatic heterocycles. The minimum atomic E-state index is -0.673.